The van der Waals surface area contributed by atoms with Crippen molar-refractivity contribution in [1.29, 1.82) is 0 Å². The number of nitrogens with one attached hydrogen (secondary N) is 1. The SMILES string of the molecule is CC/C=C\C/C=C\C/C=C\C/C=C\C/C=C\C/C=C\C/C=C\C/C=C\CCCCCCCCCCCCC(=O)NC(COC1OC(CO)C(OC2OC(CO)C(O)C(O)C2O)C(O)C1O)C(O)CCCCCCCC. The van der Waals surface area contributed by atoms with E-state index in [2.05, 4.69) is 116 Å². The Morgan fingerprint density at radius 2 is 0.920 bits per heavy atom. The summed E-state index contributed by atoms with van der Waals surface area (Å²) in [6, 6.07) is -0.833. The summed E-state index contributed by atoms with van der Waals surface area (Å²) in [7, 11) is 0. The summed E-state index contributed by atoms with van der Waals surface area (Å²) in [5, 5.41) is 86.6. The van der Waals surface area contributed by atoms with Crippen molar-refractivity contribution in [3.05, 3.63) is 97.2 Å². The first-order valence-corrected chi connectivity index (χ1v) is 29.0. The highest BCUT2D eigenvalue weighted by molar-refractivity contribution is 5.76. The zero-order chi connectivity index (χ0) is 54.6. The van der Waals surface area contributed by atoms with Crippen molar-refractivity contribution in [2.75, 3.05) is 19.8 Å². The fourth-order valence-corrected chi connectivity index (χ4v) is 8.90. The third kappa shape index (κ3) is 31.8. The molecule has 14 nitrogen and oxygen atoms in total. The van der Waals surface area contributed by atoms with Gasteiger partial charge in [0.25, 0.3) is 0 Å². The second-order valence-corrected chi connectivity index (χ2v) is 20.0. The van der Waals surface area contributed by atoms with Crippen LogP contribution in [0, 0.1) is 0 Å². The van der Waals surface area contributed by atoms with Gasteiger partial charge in [-0.25, -0.2) is 0 Å². The van der Waals surface area contributed by atoms with Crippen LogP contribution in [0.5, 0.6) is 0 Å². The topological polar surface area (TPSA) is 228 Å². The molecule has 2 fully saturated rings. The molecule has 2 aliphatic rings. The summed E-state index contributed by atoms with van der Waals surface area (Å²) in [6.45, 7) is 2.64. The quantitative estimate of drug-likeness (QED) is 0.0205. The molecule has 0 aromatic carbocycles. The summed E-state index contributed by atoms with van der Waals surface area (Å²) in [5.74, 6) is -0.222. The number of aliphatic hydroxyl groups excluding tert-OH is 8. The van der Waals surface area contributed by atoms with Crippen molar-refractivity contribution in [3.8, 4) is 0 Å². The Bertz CT molecular complexity index is 1620. The molecule has 12 atom stereocenters. The fraction of sp³-hybridized carbons (Fsp3) is 0.721. The first-order valence-electron chi connectivity index (χ1n) is 29.0. The molecular formula is C61H103NO13. The number of ether oxygens (including phenoxy) is 4. The molecule has 2 heterocycles. The lowest BCUT2D eigenvalue weighted by atomic mass is 9.97. The smallest absolute Gasteiger partial charge is 0.220 e. The summed E-state index contributed by atoms with van der Waals surface area (Å²) in [6.07, 6.45) is 46.1. The van der Waals surface area contributed by atoms with Crippen LogP contribution in [-0.4, -0.2) is 140 Å². The lowest BCUT2D eigenvalue weighted by Gasteiger charge is -2.46. The van der Waals surface area contributed by atoms with E-state index in [-0.39, 0.29) is 12.5 Å². The van der Waals surface area contributed by atoms with Gasteiger partial charge in [-0.15, -0.1) is 0 Å². The minimum absolute atomic E-state index is 0.222. The molecule has 2 aliphatic heterocycles. The van der Waals surface area contributed by atoms with Crippen molar-refractivity contribution in [3.63, 3.8) is 0 Å². The van der Waals surface area contributed by atoms with E-state index in [0.717, 1.165) is 116 Å². The van der Waals surface area contributed by atoms with Gasteiger partial charge in [0.05, 0.1) is 32.0 Å². The monoisotopic (exact) mass is 1060 g/mol. The summed E-state index contributed by atoms with van der Waals surface area (Å²) >= 11 is 0. The normalized spacial score (nSPS) is 25.8. The van der Waals surface area contributed by atoms with Crippen LogP contribution >= 0.6 is 0 Å². The number of unbranched alkanes of at least 4 members (excludes halogenated alkanes) is 15. The van der Waals surface area contributed by atoms with E-state index in [9.17, 15) is 45.6 Å². The van der Waals surface area contributed by atoms with Gasteiger partial charge in [-0.05, 0) is 77.0 Å². The summed E-state index contributed by atoms with van der Waals surface area (Å²) < 4.78 is 22.7. The molecule has 9 N–H and O–H groups in total. The number of allylic oxidation sites excluding steroid dienone is 16. The second kappa shape index (κ2) is 45.9. The van der Waals surface area contributed by atoms with Crippen molar-refractivity contribution < 1.29 is 64.6 Å². The molecular weight excluding hydrogens is 955 g/mol. The average Bonchev–Trinajstić information content (AvgIpc) is 3.41. The lowest BCUT2D eigenvalue weighted by molar-refractivity contribution is -0.359. The third-order valence-corrected chi connectivity index (χ3v) is 13.6. The van der Waals surface area contributed by atoms with E-state index in [1.54, 1.807) is 0 Å². The van der Waals surface area contributed by atoms with Crippen molar-refractivity contribution in [1.82, 2.24) is 5.32 Å². The largest absolute Gasteiger partial charge is 0.394 e. The highest BCUT2D eigenvalue weighted by atomic mass is 16.7. The Hall–Kier alpha value is -3.09. The van der Waals surface area contributed by atoms with E-state index >= 15 is 0 Å². The molecule has 2 saturated heterocycles. The van der Waals surface area contributed by atoms with Crippen LogP contribution < -0.4 is 5.32 Å². The molecule has 0 aliphatic carbocycles. The number of hydrogen-bond donors (Lipinski definition) is 9. The van der Waals surface area contributed by atoms with Gasteiger partial charge in [0.1, 0.15) is 48.8 Å². The number of carbonyl (C=O) groups is 1. The van der Waals surface area contributed by atoms with Gasteiger partial charge in [-0.1, -0.05) is 201 Å². The number of amides is 1. The van der Waals surface area contributed by atoms with E-state index in [1.807, 2.05) is 0 Å². The van der Waals surface area contributed by atoms with Gasteiger partial charge >= 0.3 is 0 Å². The second-order valence-electron chi connectivity index (χ2n) is 20.0. The van der Waals surface area contributed by atoms with Gasteiger partial charge in [0.15, 0.2) is 12.6 Å². The molecule has 0 spiro atoms. The summed E-state index contributed by atoms with van der Waals surface area (Å²) in [5.41, 5.74) is 0. The van der Waals surface area contributed by atoms with Crippen molar-refractivity contribution >= 4 is 5.91 Å². The standard InChI is InChI=1S/C61H103NO13/c1-3-5-7-9-11-12-13-14-15-16-17-18-19-20-21-22-23-24-25-26-27-28-29-30-31-32-33-34-35-36-37-38-39-41-43-45-53(66)62-49(50(65)44-42-40-10-8-6-4-2)48-72-60-58(71)56(69)59(52(47-64)74-60)75-61-57(70)55(68)54(67)51(46-63)73-61/h5,7,11-12,14-15,17-18,20-21,23-24,26-27,29-30,49-52,54-61,63-65,67-71H,3-4,6,8-10,13,16,19,22,25,28,31-48H2,1-2H3,(H,62,66)/b7-5-,12-11-,15-14-,18-17-,21-20-,24-23-,27-26-,30-29-. The average molecular weight is 1060 g/mol. The molecule has 0 saturated carbocycles. The van der Waals surface area contributed by atoms with Crippen LogP contribution in [0.1, 0.15) is 187 Å². The molecule has 0 aromatic rings. The molecule has 75 heavy (non-hydrogen) atoms. The minimum atomic E-state index is -1.78. The predicted octanol–water partition coefficient (Wildman–Crippen LogP) is 9.49. The zero-order valence-corrected chi connectivity index (χ0v) is 46.0. The molecule has 12 unspecified atom stereocenters. The van der Waals surface area contributed by atoms with Gasteiger partial charge in [-0.2, -0.15) is 0 Å². The lowest BCUT2D eigenvalue weighted by Crippen LogP contribution is -2.65. The molecule has 430 valence electrons. The molecule has 14 heteroatoms. The maximum Gasteiger partial charge on any atom is 0.220 e. The molecule has 0 bridgehead atoms. The van der Waals surface area contributed by atoms with Crippen LogP contribution in [0.4, 0.5) is 0 Å². The first-order chi connectivity index (χ1) is 36.6. The molecule has 0 radical (unpaired) electrons. The van der Waals surface area contributed by atoms with Gasteiger partial charge in [0.2, 0.25) is 5.91 Å². The number of rotatable bonds is 44. The Morgan fingerprint density at radius 1 is 0.493 bits per heavy atom. The maximum absolute atomic E-state index is 13.2. The molecule has 2 rings (SSSR count). The number of aliphatic hydroxyl groups is 8. The number of hydrogen-bond acceptors (Lipinski definition) is 13. The Labute approximate surface area is 452 Å². The number of carbonyl (C=O) groups excluding carboxylic acids is 1. The highest BCUT2D eigenvalue weighted by Gasteiger charge is 2.51. The van der Waals surface area contributed by atoms with Crippen LogP contribution in [0.3, 0.4) is 0 Å². The summed E-state index contributed by atoms with van der Waals surface area (Å²) in [4.78, 5) is 13.2. The van der Waals surface area contributed by atoms with Gasteiger partial charge in [0, 0.05) is 6.42 Å². The van der Waals surface area contributed by atoms with E-state index in [1.165, 1.54) is 38.5 Å². The third-order valence-electron chi connectivity index (χ3n) is 13.6. The Kier molecular flexibility index (Phi) is 41.6. The van der Waals surface area contributed by atoms with E-state index in [0.29, 0.717) is 19.3 Å². The highest BCUT2D eigenvalue weighted by Crippen LogP contribution is 2.30. The maximum atomic E-state index is 13.2. The van der Waals surface area contributed by atoms with Crippen LogP contribution in [0.15, 0.2) is 97.2 Å². The van der Waals surface area contributed by atoms with Crippen LogP contribution in [-0.2, 0) is 23.7 Å². The predicted molar refractivity (Wildman–Crippen MR) is 299 cm³/mol. The molecule has 1 amide bonds. The first kappa shape index (κ1) is 68.0. The molecule has 0 aromatic heterocycles. The Balaban J connectivity index is 1.58. The van der Waals surface area contributed by atoms with Gasteiger partial charge in [-0.3, -0.25) is 4.79 Å². The van der Waals surface area contributed by atoms with Gasteiger partial charge < -0.3 is 65.1 Å². The fourth-order valence-electron chi connectivity index (χ4n) is 8.90. The Morgan fingerprint density at radius 3 is 1.41 bits per heavy atom. The zero-order valence-electron chi connectivity index (χ0n) is 46.0. The van der Waals surface area contributed by atoms with Crippen LogP contribution in [0.2, 0.25) is 0 Å². The minimum Gasteiger partial charge on any atom is -0.394 e. The van der Waals surface area contributed by atoms with Crippen molar-refractivity contribution in [2.24, 2.45) is 0 Å². The van der Waals surface area contributed by atoms with Crippen molar-refractivity contribution in [2.45, 2.75) is 261 Å². The van der Waals surface area contributed by atoms with Crippen LogP contribution in [0.25, 0.3) is 0 Å². The van der Waals surface area contributed by atoms with E-state index in [4.69, 9.17) is 18.9 Å². The van der Waals surface area contributed by atoms with E-state index < -0.39 is 86.8 Å².